The van der Waals surface area contributed by atoms with Crippen molar-refractivity contribution in [3.05, 3.63) is 11.1 Å². The van der Waals surface area contributed by atoms with E-state index in [1.54, 1.807) is 11.1 Å². The van der Waals surface area contributed by atoms with Crippen LogP contribution in [-0.2, 0) is 0 Å². The Labute approximate surface area is 150 Å². The lowest BCUT2D eigenvalue weighted by Crippen LogP contribution is -2.50. The number of hydrogen-bond donors (Lipinski definition) is 2. The predicted octanol–water partition coefficient (Wildman–Crippen LogP) is 5.22. The molecule has 2 aliphatic carbocycles. The van der Waals surface area contributed by atoms with Gasteiger partial charge in [0, 0.05) is 11.4 Å². The second-order valence-corrected chi connectivity index (χ2v) is 10.2. The van der Waals surface area contributed by atoms with E-state index < -0.39 is 5.60 Å². The van der Waals surface area contributed by atoms with Crippen LogP contribution in [0.1, 0.15) is 79.6 Å². The maximum Gasteiger partial charge on any atom is 0.0644 e. The molecule has 0 aliphatic heterocycles. The van der Waals surface area contributed by atoms with E-state index >= 15 is 0 Å². The van der Waals surface area contributed by atoms with E-state index in [9.17, 15) is 5.11 Å². The summed E-state index contributed by atoms with van der Waals surface area (Å²) in [6.45, 7) is 11.5. The van der Waals surface area contributed by atoms with Gasteiger partial charge in [0.25, 0.3) is 0 Å². The highest BCUT2D eigenvalue weighted by molar-refractivity contribution is 9.09. The van der Waals surface area contributed by atoms with Crippen molar-refractivity contribution in [1.29, 1.82) is 0 Å². The van der Waals surface area contributed by atoms with Crippen molar-refractivity contribution in [1.82, 2.24) is 0 Å². The molecule has 0 aromatic heterocycles. The highest BCUT2D eigenvalue weighted by atomic mass is 79.9. The third kappa shape index (κ3) is 3.72. The smallest absolute Gasteiger partial charge is 0.0644 e. The van der Waals surface area contributed by atoms with Crippen LogP contribution < -0.4 is 0 Å². The van der Waals surface area contributed by atoms with Gasteiger partial charge in [-0.15, -0.1) is 0 Å². The molecule has 0 unspecified atom stereocenters. The first-order valence-electron chi connectivity index (χ1n) is 9.21. The van der Waals surface area contributed by atoms with Gasteiger partial charge in [-0.1, -0.05) is 47.8 Å². The third-order valence-corrected chi connectivity index (χ3v) is 8.61. The number of allylic oxidation sites excluding steroid dienone is 2. The Hall–Kier alpha value is 0.140. The Morgan fingerprint density at radius 1 is 1.22 bits per heavy atom. The highest BCUT2D eigenvalue weighted by Gasteiger charge is 2.53. The second-order valence-electron chi connectivity index (χ2n) is 9.07. The molecule has 2 nitrogen and oxygen atoms in total. The Bertz CT molecular complexity index is 466. The van der Waals surface area contributed by atoms with Gasteiger partial charge in [-0.3, -0.25) is 0 Å². The highest BCUT2D eigenvalue weighted by Crippen LogP contribution is 2.61. The molecule has 1 saturated carbocycles. The zero-order chi connectivity index (χ0) is 17.5. The van der Waals surface area contributed by atoms with Crippen LogP contribution in [0, 0.1) is 16.7 Å². The number of rotatable bonds is 5. The summed E-state index contributed by atoms with van der Waals surface area (Å²) in [7, 11) is 0. The lowest BCUT2D eigenvalue weighted by Gasteiger charge is -2.57. The summed E-state index contributed by atoms with van der Waals surface area (Å²) in [5.41, 5.74) is 2.97. The van der Waals surface area contributed by atoms with Gasteiger partial charge in [0.1, 0.15) is 0 Å². The van der Waals surface area contributed by atoms with Crippen LogP contribution >= 0.6 is 15.9 Å². The molecule has 0 aromatic rings. The first-order valence-corrected chi connectivity index (χ1v) is 10.1. The van der Waals surface area contributed by atoms with Gasteiger partial charge >= 0.3 is 0 Å². The van der Waals surface area contributed by atoms with Crippen molar-refractivity contribution in [3.8, 4) is 0 Å². The summed E-state index contributed by atoms with van der Waals surface area (Å²) in [5, 5.41) is 19.6. The Morgan fingerprint density at radius 2 is 1.87 bits per heavy atom. The third-order valence-electron chi connectivity index (χ3n) is 6.97. The predicted molar refractivity (Wildman–Crippen MR) is 101 cm³/mol. The summed E-state index contributed by atoms with van der Waals surface area (Å²) in [4.78, 5) is 0.602. The molecule has 0 spiro atoms. The maximum atomic E-state index is 10.5. The molecule has 0 radical (unpaired) electrons. The summed E-state index contributed by atoms with van der Waals surface area (Å²) in [6, 6.07) is 0. The average molecular weight is 387 g/mol. The monoisotopic (exact) mass is 386 g/mol. The van der Waals surface area contributed by atoms with E-state index in [4.69, 9.17) is 5.11 Å². The Morgan fingerprint density at radius 3 is 2.48 bits per heavy atom. The lowest BCUT2D eigenvalue weighted by atomic mass is 9.49. The molecule has 0 bridgehead atoms. The van der Waals surface area contributed by atoms with Gasteiger partial charge in [-0.2, -0.15) is 0 Å². The fourth-order valence-electron chi connectivity index (χ4n) is 5.32. The zero-order valence-electron chi connectivity index (χ0n) is 15.6. The van der Waals surface area contributed by atoms with E-state index in [-0.39, 0.29) is 12.0 Å². The standard InChI is InChI=1S/C20H35BrO2/c1-14-6-7-16-18(2,3)17(21)9-11-20(16,5)15(14)8-10-19(4,23)12-13-22/h16-17,22-23H,6-13H2,1-5H3/t16-,17-,19-,20+/m1/s1. The van der Waals surface area contributed by atoms with Crippen LogP contribution in [0.4, 0.5) is 0 Å². The summed E-state index contributed by atoms with van der Waals surface area (Å²) in [5.74, 6) is 0.703. The summed E-state index contributed by atoms with van der Waals surface area (Å²) < 4.78 is 0. The molecule has 0 amide bonds. The number of aliphatic hydroxyl groups excluding tert-OH is 1. The first-order chi connectivity index (χ1) is 10.5. The lowest BCUT2D eigenvalue weighted by molar-refractivity contribution is 0.00556. The van der Waals surface area contributed by atoms with Crippen LogP contribution in [0.15, 0.2) is 11.1 Å². The topological polar surface area (TPSA) is 40.5 Å². The van der Waals surface area contributed by atoms with E-state index in [1.165, 1.54) is 25.7 Å². The summed E-state index contributed by atoms with van der Waals surface area (Å²) in [6.07, 6.45) is 7.13. The fourth-order valence-corrected chi connectivity index (χ4v) is 5.87. The molecule has 0 heterocycles. The number of alkyl halides is 1. The molecule has 2 aliphatic rings. The number of halogens is 1. The molecule has 2 rings (SSSR count). The Balaban J connectivity index is 2.24. The maximum absolute atomic E-state index is 10.5. The van der Waals surface area contributed by atoms with Crippen molar-refractivity contribution in [2.45, 2.75) is 90.0 Å². The fraction of sp³-hybridized carbons (Fsp3) is 0.900. The van der Waals surface area contributed by atoms with Gasteiger partial charge in [-0.05, 0) is 75.5 Å². The van der Waals surface area contributed by atoms with Gasteiger partial charge in [0.15, 0.2) is 0 Å². The van der Waals surface area contributed by atoms with Gasteiger partial charge < -0.3 is 10.2 Å². The molecule has 0 saturated heterocycles. The van der Waals surface area contributed by atoms with E-state index in [2.05, 4.69) is 43.6 Å². The number of fused-ring (bicyclic) bond motifs is 1. The molecule has 3 heteroatoms. The largest absolute Gasteiger partial charge is 0.396 e. The van der Waals surface area contributed by atoms with Crippen LogP contribution in [0.2, 0.25) is 0 Å². The van der Waals surface area contributed by atoms with Crippen molar-refractivity contribution >= 4 is 15.9 Å². The first kappa shape index (κ1) is 19.5. The van der Waals surface area contributed by atoms with Gasteiger partial charge in [-0.25, -0.2) is 0 Å². The SMILES string of the molecule is CC1=C(CC[C@@](C)(O)CCO)[C@]2(C)CC[C@@H](Br)C(C)(C)[C@H]2CC1. The molecule has 4 atom stereocenters. The van der Waals surface area contributed by atoms with E-state index in [0.717, 1.165) is 12.8 Å². The molecule has 2 N–H and O–H groups in total. The van der Waals surface area contributed by atoms with Crippen molar-refractivity contribution in [2.75, 3.05) is 6.61 Å². The molecule has 1 fully saturated rings. The van der Waals surface area contributed by atoms with Crippen LogP contribution in [0.3, 0.4) is 0 Å². The van der Waals surface area contributed by atoms with Crippen molar-refractivity contribution in [2.24, 2.45) is 16.7 Å². The molecular weight excluding hydrogens is 352 g/mol. The molecule has 134 valence electrons. The minimum Gasteiger partial charge on any atom is -0.396 e. The minimum absolute atomic E-state index is 0.0588. The normalized spacial score (nSPS) is 36.5. The molecular formula is C20H35BrO2. The van der Waals surface area contributed by atoms with Gasteiger partial charge in [0.2, 0.25) is 0 Å². The van der Waals surface area contributed by atoms with Crippen LogP contribution in [-0.4, -0.2) is 27.2 Å². The van der Waals surface area contributed by atoms with E-state index in [1.807, 2.05) is 6.92 Å². The Kier molecular flexibility index (Phi) is 5.76. The second kappa shape index (κ2) is 6.80. The molecule has 0 aromatic carbocycles. The van der Waals surface area contributed by atoms with Gasteiger partial charge in [0.05, 0.1) is 5.60 Å². The molecule has 23 heavy (non-hydrogen) atoms. The van der Waals surface area contributed by atoms with E-state index in [0.29, 0.717) is 22.6 Å². The van der Waals surface area contributed by atoms with Crippen LogP contribution in [0.5, 0.6) is 0 Å². The summed E-state index contributed by atoms with van der Waals surface area (Å²) >= 11 is 3.94. The minimum atomic E-state index is -0.756. The van der Waals surface area contributed by atoms with Crippen molar-refractivity contribution < 1.29 is 10.2 Å². The number of aliphatic hydroxyl groups is 2. The van der Waals surface area contributed by atoms with Crippen molar-refractivity contribution in [3.63, 3.8) is 0 Å². The van der Waals surface area contributed by atoms with Crippen LogP contribution in [0.25, 0.3) is 0 Å². The zero-order valence-corrected chi connectivity index (χ0v) is 17.2. The number of hydrogen-bond acceptors (Lipinski definition) is 2. The quantitative estimate of drug-likeness (QED) is 0.502. The average Bonchev–Trinajstić information content (AvgIpc) is 2.42.